The molecule has 0 saturated heterocycles. The number of rotatable bonds is 4. The summed E-state index contributed by atoms with van der Waals surface area (Å²) >= 11 is 0. The average Bonchev–Trinajstić information content (AvgIpc) is 2.26. The number of aromatic carboxylic acids is 1. The molecule has 1 heterocycles. The summed E-state index contributed by atoms with van der Waals surface area (Å²) < 4.78 is 5.28. The fraction of sp³-hybridized carbons (Fsp3) is 0.417. The molecule has 0 fully saturated rings. The van der Waals surface area contributed by atoms with E-state index < -0.39 is 11.6 Å². The number of nitrogens with zero attached hydrogens (tertiary/aromatic N) is 1. The molecule has 0 aliphatic heterocycles. The topological polar surface area (TPSA) is 88.5 Å². The summed E-state index contributed by atoms with van der Waals surface area (Å²) in [7, 11) is 0. The third-order valence-electron chi connectivity index (χ3n) is 1.91. The van der Waals surface area contributed by atoms with Crippen LogP contribution in [0.3, 0.4) is 0 Å². The molecule has 1 amide bonds. The molecule has 18 heavy (non-hydrogen) atoms. The van der Waals surface area contributed by atoms with Crippen molar-refractivity contribution in [1.82, 2.24) is 4.98 Å². The largest absolute Gasteiger partial charge is 0.478 e. The Morgan fingerprint density at radius 1 is 1.44 bits per heavy atom. The number of hydrogen-bond donors (Lipinski definition) is 2. The van der Waals surface area contributed by atoms with Gasteiger partial charge in [-0.05, 0) is 32.9 Å². The van der Waals surface area contributed by atoms with E-state index in [4.69, 9.17) is 9.84 Å². The fourth-order valence-corrected chi connectivity index (χ4v) is 1.09. The molecule has 1 aromatic rings. The summed E-state index contributed by atoms with van der Waals surface area (Å²) in [6.07, 6.45) is 1.32. The standard InChI is InChI=1S/C12H16N2O4/c1-12(2,3)18-7-10(15)14-9-6-8(11(16)17)4-5-13-9/h4-6H,7H2,1-3H3,(H,16,17)(H,13,14,15). The Morgan fingerprint density at radius 2 is 2.11 bits per heavy atom. The molecule has 6 heteroatoms. The highest BCUT2D eigenvalue weighted by Crippen LogP contribution is 2.09. The minimum absolute atomic E-state index is 0.0667. The van der Waals surface area contributed by atoms with Crippen molar-refractivity contribution in [2.75, 3.05) is 11.9 Å². The Hall–Kier alpha value is -1.95. The van der Waals surface area contributed by atoms with Crippen LogP contribution in [0.5, 0.6) is 0 Å². The van der Waals surface area contributed by atoms with Crippen LogP contribution in [-0.2, 0) is 9.53 Å². The number of nitrogens with one attached hydrogen (secondary N) is 1. The van der Waals surface area contributed by atoms with E-state index in [-0.39, 0.29) is 23.9 Å². The summed E-state index contributed by atoms with van der Waals surface area (Å²) in [5, 5.41) is 11.3. The smallest absolute Gasteiger partial charge is 0.335 e. The lowest BCUT2D eigenvalue weighted by Crippen LogP contribution is -2.27. The van der Waals surface area contributed by atoms with Crippen LogP contribution in [0.1, 0.15) is 31.1 Å². The van der Waals surface area contributed by atoms with Crippen LogP contribution in [0.2, 0.25) is 0 Å². The number of carboxylic acid groups (broad SMARTS) is 1. The van der Waals surface area contributed by atoms with Crippen LogP contribution < -0.4 is 5.32 Å². The van der Waals surface area contributed by atoms with Crippen molar-refractivity contribution in [2.24, 2.45) is 0 Å². The molecule has 6 nitrogen and oxygen atoms in total. The van der Waals surface area contributed by atoms with Gasteiger partial charge in [0.25, 0.3) is 5.91 Å². The van der Waals surface area contributed by atoms with Crippen LogP contribution >= 0.6 is 0 Å². The van der Waals surface area contributed by atoms with Crippen molar-refractivity contribution >= 4 is 17.7 Å². The summed E-state index contributed by atoms with van der Waals surface area (Å²) in [5.41, 5.74) is -0.342. The number of hydrogen-bond acceptors (Lipinski definition) is 4. The zero-order valence-corrected chi connectivity index (χ0v) is 10.6. The number of amides is 1. The van der Waals surface area contributed by atoms with Crippen molar-refractivity contribution in [3.63, 3.8) is 0 Å². The van der Waals surface area contributed by atoms with Gasteiger partial charge in [-0.1, -0.05) is 0 Å². The summed E-state index contributed by atoms with van der Waals surface area (Å²) in [4.78, 5) is 26.1. The first-order valence-electron chi connectivity index (χ1n) is 5.41. The van der Waals surface area contributed by atoms with Gasteiger partial charge >= 0.3 is 5.97 Å². The van der Waals surface area contributed by atoms with Gasteiger partial charge in [-0.2, -0.15) is 0 Å². The number of aromatic nitrogens is 1. The van der Waals surface area contributed by atoms with Gasteiger partial charge in [-0.15, -0.1) is 0 Å². The van der Waals surface area contributed by atoms with E-state index in [1.165, 1.54) is 18.3 Å². The summed E-state index contributed by atoms with van der Waals surface area (Å²) in [5.74, 6) is -1.25. The SMILES string of the molecule is CC(C)(C)OCC(=O)Nc1cc(C(=O)O)ccn1. The first-order valence-corrected chi connectivity index (χ1v) is 5.41. The van der Waals surface area contributed by atoms with E-state index in [2.05, 4.69) is 10.3 Å². The van der Waals surface area contributed by atoms with Crippen LogP contribution in [0.4, 0.5) is 5.82 Å². The highest BCUT2D eigenvalue weighted by molar-refractivity contribution is 5.93. The van der Waals surface area contributed by atoms with Gasteiger partial charge in [-0.25, -0.2) is 9.78 Å². The summed E-state index contributed by atoms with van der Waals surface area (Å²) in [6.45, 7) is 5.40. The Kier molecular flexibility index (Phi) is 4.38. The van der Waals surface area contributed by atoms with Gasteiger partial charge in [0, 0.05) is 6.20 Å². The third kappa shape index (κ3) is 4.92. The first kappa shape index (κ1) is 14.1. The van der Waals surface area contributed by atoms with Crippen molar-refractivity contribution in [3.05, 3.63) is 23.9 Å². The van der Waals surface area contributed by atoms with Crippen LogP contribution in [0.15, 0.2) is 18.3 Å². The number of carbonyl (C=O) groups excluding carboxylic acids is 1. The quantitative estimate of drug-likeness (QED) is 0.848. The van der Waals surface area contributed by atoms with Gasteiger partial charge in [-0.3, -0.25) is 4.79 Å². The number of anilines is 1. The zero-order valence-electron chi connectivity index (χ0n) is 10.6. The van der Waals surface area contributed by atoms with Gasteiger partial charge in [0.1, 0.15) is 12.4 Å². The monoisotopic (exact) mass is 252 g/mol. The number of carboxylic acids is 1. The van der Waals surface area contributed by atoms with E-state index >= 15 is 0 Å². The first-order chi connectivity index (χ1) is 8.28. The van der Waals surface area contributed by atoms with Gasteiger partial charge in [0.15, 0.2) is 0 Å². The molecule has 98 valence electrons. The lowest BCUT2D eigenvalue weighted by atomic mass is 10.2. The number of ether oxygens (including phenoxy) is 1. The maximum Gasteiger partial charge on any atom is 0.335 e. The molecular formula is C12H16N2O4. The summed E-state index contributed by atoms with van der Waals surface area (Å²) in [6, 6.07) is 2.64. The molecule has 0 radical (unpaired) electrons. The number of pyridine rings is 1. The average molecular weight is 252 g/mol. The van der Waals surface area contributed by atoms with E-state index in [9.17, 15) is 9.59 Å². The molecule has 0 unspecified atom stereocenters. The Bertz CT molecular complexity index is 452. The maximum absolute atomic E-state index is 11.5. The highest BCUT2D eigenvalue weighted by Gasteiger charge is 2.13. The van der Waals surface area contributed by atoms with E-state index in [1.807, 2.05) is 20.8 Å². The zero-order chi connectivity index (χ0) is 13.8. The highest BCUT2D eigenvalue weighted by atomic mass is 16.5. The Morgan fingerprint density at radius 3 is 2.67 bits per heavy atom. The predicted molar refractivity (Wildman–Crippen MR) is 65.5 cm³/mol. The van der Waals surface area contributed by atoms with Gasteiger partial charge in [0.05, 0.1) is 11.2 Å². The maximum atomic E-state index is 11.5. The minimum Gasteiger partial charge on any atom is -0.478 e. The van der Waals surface area contributed by atoms with Crippen LogP contribution in [-0.4, -0.2) is 34.2 Å². The molecule has 1 rings (SSSR count). The van der Waals surface area contributed by atoms with Gasteiger partial charge < -0.3 is 15.2 Å². The minimum atomic E-state index is -1.07. The lowest BCUT2D eigenvalue weighted by Gasteiger charge is -2.18. The normalized spacial score (nSPS) is 11.1. The molecule has 0 aliphatic rings. The van der Waals surface area contributed by atoms with Crippen LogP contribution in [0, 0.1) is 0 Å². The second kappa shape index (κ2) is 5.59. The fourth-order valence-electron chi connectivity index (χ4n) is 1.09. The molecule has 0 atom stereocenters. The van der Waals surface area contributed by atoms with E-state index in [0.29, 0.717) is 0 Å². The molecule has 0 saturated carbocycles. The van der Waals surface area contributed by atoms with Crippen molar-refractivity contribution in [2.45, 2.75) is 26.4 Å². The number of carbonyl (C=O) groups is 2. The molecular weight excluding hydrogens is 236 g/mol. The Balaban J connectivity index is 2.59. The van der Waals surface area contributed by atoms with Crippen molar-refractivity contribution in [3.8, 4) is 0 Å². The van der Waals surface area contributed by atoms with E-state index in [0.717, 1.165) is 0 Å². The molecule has 0 aliphatic carbocycles. The molecule has 2 N–H and O–H groups in total. The second-order valence-corrected chi connectivity index (χ2v) is 4.68. The van der Waals surface area contributed by atoms with E-state index in [1.54, 1.807) is 0 Å². The molecule has 0 spiro atoms. The predicted octanol–water partition coefficient (Wildman–Crippen LogP) is 1.53. The van der Waals surface area contributed by atoms with Crippen molar-refractivity contribution in [1.29, 1.82) is 0 Å². The molecule has 1 aromatic heterocycles. The second-order valence-electron chi connectivity index (χ2n) is 4.68. The lowest BCUT2D eigenvalue weighted by molar-refractivity contribution is -0.125. The van der Waals surface area contributed by atoms with Crippen molar-refractivity contribution < 1.29 is 19.4 Å². The Labute approximate surface area is 105 Å². The van der Waals surface area contributed by atoms with Gasteiger partial charge in [0.2, 0.25) is 0 Å². The third-order valence-corrected chi connectivity index (χ3v) is 1.91. The van der Waals surface area contributed by atoms with Crippen LogP contribution in [0.25, 0.3) is 0 Å². The molecule has 0 aromatic carbocycles. The molecule has 0 bridgehead atoms.